The number of oxime groups is 1. The first kappa shape index (κ1) is 20.9. The molecule has 0 saturated heterocycles. The fourth-order valence-electron chi connectivity index (χ4n) is 3.08. The maximum Gasteiger partial charge on any atom is 0.338 e. The Balaban J connectivity index is 2.43. The van der Waals surface area contributed by atoms with Gasteiger partial charge < -0.3 is 14.7 Å². The average molecular weight is 371 g/mol. The van der Waals surface area contributed by atoms with Crippen molar-refractivity contribution < 1.29 is 19.5 Å². The number of hydrogen-bond donors (Lipinski definition) is 1. The van der Waals surface area contributed by atoms with Crippen LogP contribution >= 0.6 is 0 Å². The predicted molar refractivity (Wildman–Crippen MR) is 107 cm³/mol. The van der Waals surface area contributed by atoms with Crippen molar-refractivity contribution in [2.24, 2.45) is 5.16 Å². The van der Waals surface area contributed by atoms with Gasteiger partial charge in [0.15, 0.2) is 0 Å². The second-order valence-electron chi connectivity index (χ2n) is 6.83. The molecule has 0 aromatic heterocycles. The highest BCUT2D eigenvalue weighted by atomic mass is 16.6. The molecule has 0 bridgehead atoms. The Labute approximate surface area is 161 Å². The van der Waals surface area contributed by atoms with Gasteiger partial charge in [0.25, 0.3) is 0 Å². The molecule has 0 amide bonds. The smallest absolute Gasteiger partial charge is 0.338 e. The highest BCUT2D eigenvalue weighted by Gasteiger charge is 2.19. The maximum atomic E-state index is 12.8. The number of fused-ring (bicyclic) bond motifs is 1. The van der Waals surface area contributed by atoms with E-state index in [0.29, 0.717) is 24.1 Å². The second-order valence-corrected chi connectivity index (χ2v) is 6.83. The van der Waals surface area contributed by atoms with Crippen LogP contribution in [0.5, 0.6) is 0 Å². The van der Waals surface area contributed by atoms with Crippen molar-refractivity contribution in [3.63, 3.8) is 0 Å². The van der Waals surface area contributed by atoms with Crippen LogP contribution in [0.4, 0.5) is 0 Å². The number of nitrogens with zero attached hydrogens (tertiary/aromatic N) is 1. The predicted octanol–water partition coefficient (Wildman–Crippen LogP) is 4.05. The number of carbonyl (C=O) groups excluding carboxylic acids is 1. The van der Waals surface area contributed by atoms with Crippen molar-refractivity contribution in [3.05, 3.63) is 58.7 Å². The molecule has 1 atom stereocenters. The van der Waals surface area contributed by atoms with Gasteiger partial charge in [0.05, 0.1) is 17.9 Å². The molecule has 0 saturated carbocycles. The molecular formula is C22H29NO4. The van der Waals surface area contributed by atoms with Crippen LogP contribution in [-0.2, 0) is 16.0 Å². The molecule has 2 rings (SSSR count). The van der Waals surface area contributed by atoms with Gasteiger partial charge in [0.1, 0.15) is 12.7 Å². The summed E-state index contributed by atoms with van der Waals surface area (Å²) in [5.41, 5.74) is 4.14. The van der Waals surface area contributed by atoms with Gasteiger partial charge in [-0.25, -0.2) is 4.79 Å². The van der Waals surface area contributed by atoms with Gasteiger partial charge in [0, 0.05) is 12.8 Å². The minimum Gasteiger partial charge on any atom is -0.459 e. The zero-order valence-electron chi connectivity index (χ0n) is 16.4. The summed E-state index contributed by atoms with van der Waals surface area (Å²) in [6, 6.07) is 3.98. The van der Waals surface area contributed by atoms with Gasteiger partial charge in [-0.05, 0) is 50.8 Å². The number of ether oxygens (including phenoxy) is 1. The monoisotopic (exact) mass is 371 g/mol. The number of aliphatic hydroxyl groups is 1. The lowest BCUT2D eigenvalue weighted by molar-refractivity contribution is 0.0346. The van der Waals surface area contributed by atoms with E-state index in [-0.39, 0.29) is 25.3 Å². The van der Waals surface area contributed by atoms with Gasteiger partial charge in [-0.1, -0.05) is 41.1 Å². The van der Waals surface area contributed by atoms with Crippen LogP contribution < -0.4 is 0 Å². The number of cyclic esters (lactones) is 1. The first-order valence-electron chi connectivity index (χ1n) is 9.43. The average Bonchev–Trinajstić information content (AvgIpc) is 2.59. The van der Waals surface area contributed by atoms with Crippen molar-refractivity contribution in [2.75, 3.05) is 13.2 Å². The molecule has 0 radical (unpaired) electrons. The summed E-state index contributed by atoms with van der Waals surface area (Å²) in [6.45, 7) is 5.89. The number of allylic oxidation sites excluding steroid dienone is 3. The summed E-state index contributed by atoms with van der Waals surface area (Å²) >= 11 is 0. The number of rotatable bonds is 3. The Morgan fingerprint density at radius 1 is 1.22 bits per heavy atom. The number of aryl methyl sites for hydroxylation is 2. The molecule has 1 N–H and O–H groups in total. The minimum absolute atomic E-state index is 0.0929. The molecule has 0 fully saturated rings. The molecule has 5 heteroatoms. The highest BCUT2D eigenvalue weighted by Crippen LogP contribution is 2.21. The van der Waals surface area contributed by atoms with E-state index in [1.807, 2.05) is 39.0 Å². The van der Waals surface area contributed by atoms with Gasteiger partial charge >= 0.3 is 5.97 Å². The van der Waals surface area contributed by atoms with Gasteiger partial charge in [-0.15, -0.1) is 0 Å². The van der Waals surface area contributed by atoms with E-state index in [4.69, 9.17) is 14.7 Å². The lowest BCUT2D eigenvalue weighted by Gasteiger charge is -2.17. The SMILES string of the molecule is Cc1cc(C)c2c(c1)CC(=NOCCO)/C=C/CC/C=C/CC(C)OC2=O. The normalized spacial score (nSPS) is 22.4. The first-order valence-corrected chi connectivity index (χ1v) is 9.43. The molecule has 1 aliphatic heterocycles. The maximum absolute atomic E-state index is 12.8. The summed E-state index contributed by atoms with van der Waals surface area (Å²) in [5.74, 6) is -0.305. The Kier molecular flexibility index (Phi) is 8.27. The molecule has 1 aromatic rings. The van der Waals surface area contributed by atoms with Gasteiger partial charge in [-0.3, -0.25) is 0 Å². The topological polar surface area (TPSA) is 68.1 Å². The second kappa shape index (κ2) is 10.7. The molecule has 5 nitrogen and oxygen atoms in total. The van der Waals surface area contributed by atoms with E-state index >= 15 is 0 Å². The third-order valence-corrected chi connectivity index (χ3v) is 4.25. The van der Waals surface area contributed by atoms with E-state index in [1.54, 1.807) is 0 Å². The van der Waals surface area contributed by atoms with Crippen molar-refractivity contribution >= 4 is 11.7 Å². The van der Waals surface area contributed by atoms with Crippen LogP contribution in [0.25, 0.3) is 0 Å². The molecule has 0 aliphatic carbocycles. The first-order chi connectivity index (χ1) is 13.0. The number of aliphatic hydroxyl groups excluding tert-OH is 1. The van der Waals surface area contributed by atoms with Crippen LogP contribution in [0.2, 0.25) is 0 Å². The van der Waals surface area contributed by atoms with E-state index in [1.165, 1.54) is 0 Å². The van der Waals surface area contributed by atoms with Crippen molar-refractivity contribution in [1.82, 2.24) is 0 Å². The molecule has 27 heavy (non-hydrogen) atoms. The molecule has 1 unspecified atom stereocenters. The van der Waals surface area contributed by atoms with Crippen LogP contribution in [0.1, 0.15) is 53.2 Å². The number of hydrogen-bond acceptors (Lipinski definition) is 5. The summed E-state index contributed by atoms with van der Waals surface area (Å²) in [7, 11) is 0. The standard InChI is InChI=1S/C22H29NO4/c1-16-13-17(2)21-19(14-16)15-20(23-26-12-11-24)10-8-6-4-5-7-9-18(3)27-22(21)25/h5,7-8,10,13-14,18,24H,4,6,9,11-12,15H2,1-3H3/b7-5+,10-8+,23-20?. The van der Waals surface area contributed by atoms with Crippen LogP contribution in [0.3, 0.4) is 0 Å². The van der Waals surface area contributed by atoms with E-state index < -0.39 is 0 Å². The lowest BCUT2D eigenvalue weighted by atomic mass is 9.95. The van der Waals surface area contributed by atoms with E-state index in [0.717, 1.165) is 29.5 Å². The van der Waals surface area contributed by atoms with Crippen molar-refractivity contribution in [1.29, 1.82) is 0 Å². The fraction of sp³-hybridized carbons (Fsp3) is 0.455. The molecule has 0 spiro atoms. The number of esters is 1. The summed E-state index contributed by atoms with van der Waals surface area (Å²) in [6.07, 6.45) is 10.9. The van der Waals surface area contributed by atoms with E-state index in [9.17, 15) is 4.79 Å². The molecule has 1 heterocycles. The molecule has 1 aliphatic rings. The van der Waals surface area contributed by atoms with Crippen LogP contribution in [0.15, 0.2) is 41.6 Å². The van der Waals surface area contributed by atoms with E-state index in [2.05, 4.69) is 23.4 Å². The molecular weight excluding hydrogens is 342 g/mol. The third-order valence-electron chi connectivity index (χ3n) is 4.25. The highest BCUT2D eigenvalue weighted by molar-refractivity contribution is 5.99. The lowest BCUT2D eigenvalue weighted by Crippen LogP contribution is -2.18. The Bertz CT molecular complexity index is 734. The van der Waals surface area contributed by atoms with Crippen LogP contribution in [0, 0.1) is 13.8 Å². The van der Waals surface area contributed by atoms with Gasteiger partial charge in [-0.2, -0.15) is 0 Å². The molecule has 146 valence electrons. The van der Waals surface area contributed by atoms with Gasteiger partial charge in [0.2, 0.25) is 0 Å². The zero-order chi connectivity index (χ0) is 19.6. The summed E-state index contributed by atoms with van der Waals surface area (Å²) < 4.78 is 5.66. The largest absolute Gasteiger partial charge is 0.459 e. The Morgan fingerprint density at radius 2 is 2.00 bits per heavy atom. The Morgan fingerprint density at radius 3 is 2.78 bits per heavy atom. The van der Waals surface area contributed by atoms with Crippen molar-refractivity contribution in [3.8, 4) is 0 Å². The number of benzene rings is 1. The third kappa shape index (κ3) is 6.68. The van der Waals surface area contributed by atoms with Crippen molar-refractivity contribution in [2.45, 2.75) is 52.6 Å². The fourth-order valence-corrected chi connectivity index (χ4v) is 3.08. The molecule has 1 aromatic carbocycles. The zero-order valence-corrected chi connectivity index (χ0v) is 16.4. The summed E-state index contributed by atoms with van der Waals surface area (Å²) in [4.78, 5) is 18.0. The number of carbonyl (C=O) groups is 1. The summed E-state index contributed by atoms with van der Waals surface area (Å²) in [5, 5.41) is 13.1. The minimum atomic E-state index is -0.305. The van der Waals surface area contributed by atoms with Crippen LogP contribution in [-0.4, -0.2) is 36.1 Å². The Hall–Kier alpha value is -2.40. The quantitative estimate of drug-likeness (QED) is 0.377.